The van der Waals surface area contributed by atoms with Gasteiger partial charge in [0, 0.05) is 35.9 Å². The predicted molar refractivity (Wildman–Crippen MR) is 143 cm³/mol. The largest absolute Gasteiger partial charge is 0.457 e. The van der Waals surface area contributed by atoms with E-state index in [-0.39, 0.29) is 29.3 Å². The minimum atomic E-state index is -0.649. The molecule has 10 nitrogen and oxygen atoms in total. The highest BCUT2D eigenvalue weighted by atomic mass is 19.1. The molecule has 0 spiro atoms. The van der Waals surface area contributed by atoms with Crippen molar-refractivity contribution >= 4 is 40.6 Å². The summed E-state index contributed by atoms with van der Waals surface area (Å²) < 4.78 is 20.3. The van der Waals surface area contributed by atoms with Crippen LogP contribution in [0.2, 0.25) is 0 Å². The average Bonchev–Trinajstić information content (AvgIpc) is 2.92. The van der Waals surface area contributed by atoms with Crippen molar-refractivity contribution in [3.63, 3.8) is 0 Å². The van der Waals surface area contributed by atoms with Crippen molar-refractivity contribution in [2.24, 2.45) is 0 Å². The monoisotopic (exact) mass is 513 g/mol. The Morgan fingerprint density at radius 1 is 1.00 bits per heavy atom. The first-order chi connectivity index (χ1) is 18.4. The third-order valence-corrected chi connectivity index (χ3v) is 5.26. The molecular weight excluding hydrogens is 489 g/mol. The molecule has 0 aliphatic heterocycles. The smallest absolute Gasteiger partial charge is 0.270 e. The Morgan fingerprint density at radius 3 is 2.50 bits per heavy atom. The number of amides is 2. The lowest BCUT2D eigenvalue weighted by molar-refractivity contribution is -0.111. The fourth-order valence-corrected chi connectivity index (χ4v) is 3.36. The number of rotatable bonds is 9. The number of hydrogen-bond donors (Lipinski definition) is 4. The summed E-state index contributed by atoms with van der Waals surface area (Å²) in [5.41, 5.74) is 2.57. The maximum atomic E-state index is 14.4. The maximum absolute atomic E-state index is 14.4. The highest BCUT2D eigenvalue weighted by Gasteiger charge is 2.14. The first-order valence-electron chi connectivity index (χ1n) is 11.4. The SMILES string of the molecule is C=CC(=O)Nc1cccc(Nc2nc(Nc3ccc(Oc4ccnc(C(=O)NC)c4C)cc3)ncc2F)c1. The predicted octanol–water partition coefficient (Wildman–Crippen LogP) is 5.08. The first-order valence-corrected chi connectivity index (χ1v) is 11.4. The lowest BCUT2D eigenvalue weighted by Gasteiger charge is -2.12. The summed E-state index contributed by atoms with van der Waals surface area (Å²) in [5, 5.41) is 11.1. The van der Waals surface area contributed by atoms with Gasteiger partial charge in [0.1, 0.15) is 17.2 Å². The van der Waals surface area contributed by atoms with Gasteiger partial charge in [-0.1, -0.05) is 12.6 Å². The van der Waals surface area contributed by atoms with Crippen molar-refractivity contribution in [2.75, 3.05) is 23.0 Å². The van der Waals surface area contributed by atoms with Crippen molar-refractivity contribution in [3.05, 3.63) is 96.7 Å². The van der Waals surface area contributed by atoms with Gasteiger partial charge in [-0.2, -0.15) is 4.98 Å². The molecule has 0 saturated carbocycles. The van der Waals surface area contributed by atoms with Crippen molar-refractivity contribution in [1.29, 1.82) is 0 Å². The summed E-state index contributed by atoms with van der Waals surface area (Å²) in [6, 6.07) is 15.4. The van der Waals surface area contributed by atoms with Crippen LogP contribution in [0.5, 0.6) is 11.5 Å². The number of pyridine rings is 1. The molecule has 0 aliphatic rings. The molecule has 0 atom stereocenters. The van der Waals surface area contributed by atoms with E-state index in [0.29, 0.717) is 34.1 Å². The van der Waals surface area contributed by atoms with Gasteiger partial charge in [-0.3, -0.25) is 14.6 Å². The van der Waals surface area contributed by atoms with Gasteiger partial charge in [-0.05, 0) is 61.5 Å². The number of anilines is 5. The van der Waals surface area contributed by atoms with Crippen molar-refractivity contribution in [3.8, 4) is 11.5 Å². The molecule has 0 fully saturated rings. The summed E-state index contributed by atoms with van der Waals surface area (Å²) >= 11 is 0. The number of nitrogens with one attached hydrogen (secondary N) is 4. The molecule has 38 heavy (non-hydrogen) atoms. The lowest BCUT2D eigenvalue weighted by atomic mass is 10.2. The Hall–Kier alpha value is -5.32. The number of ether oxygens (including phenoxy) is 1. The molecule has 11 heteroatoms. The average molecular weight is 514 g/mol. The molecule has 192 valence electrons. The molecule has 2 heterocycles. The van der Waals surface area contributed by atoms with Crippen LogP contribution in [0.4, 0.5) is 33.2 Å². The van der Waals surface area contributed by atoms with E-state index in [1.165, 1.54) is 13.2 Å². The second-order valence-electron chi connectivity index (χ2n) is 7.90. The Balaban J connectivity index is 1.45. The molecule has 0 radical (unpaired) electrons. The van der Waals surface area contributed by atoms with Crippen LogP contribution in [-0.2, 0) is 4.79 Å². The highest BCUT2D eigenvalue weighted by molar-refractivity contribution is 5.99. The number of hydrogen-bond acceptors (Lipinski definition) is 8. The topological polar surface area (TPSA) is 130 Å². The molecule has 4 rings (SSSR count). The minimum absolute atomic E-state index is 0.0465. The van der Waals surface area contributed by atoms with E-state index >= 15 is 0 Å². The number of nitrogens with zero attached hydrogens (tertiary/aromatic N) is 3. The molecule has 0 unspecified atom stereocenters. The van der Waals surface area contributed by atoms with Crippen LogP contribution >= 0.6 is 0 Å². The molecule has 0 saturated heterocycles. The van der Waals surface area contributed by atoms with Gasteiger partial charge in [-0.25, -0.2) is 9.37 Å². The van der Waals surface area contributed by atoms with Crippen LogP contribution in [-0.4, -0.2) is 33.8 Å². The zero-order valence-electron chi connectivity index (χ0n) is 20.6. The fourth-order valence-electron chi connectivity index (χ4n) is 3.36. The third kappa shape index (κ3) is 6.26. The number of carbonyl (C=O) groups excluding carboxylic acids is 2. The van der Waals surface area contributed by atoms with Gasteiger partial charge in [0.2, 0.25) is 11.9 Å². The summed E-state index contributed by atoms with van der Waals surface area (Å²) in [4.78, 5) is 35.8. The zero-order valence-corrected chi connectivity index (χ0v) is 20.6. The molecule has 2 aromatic heterocycles. The van der Waals surface area contributed by atoms with Crippen LogP contribution in [0.3, 0.4) is 0 Å². The molecule has 0 bridgehead atoms. The standard InChI is InChI=1S/C27H24FN7O3/c1-4-23(36)32-18-6-5-7-19(14-18)33-25-21(28)15-31-27(35-25)34-17-8-10-20(11-9-17)38-22-12-13-30-24(16(22)2)26(37)29-3/h4-15H,1H2,2-3H3,(H,29,37)(H,32,36)(H2,31,33,34,35). The van der Waals surface area contributed by atoms with Crippen LogP contribution in [0, 0.1) is 12.7 Å². The van der Waals surface area contributed by atoms with Gasteiger partial charge >= 0.3 is 0 Å². The Labute approximate surface area is 218 Å². The molecule has 4 aromatic rings. The van der Waals surface area contributed by atoms with Crippen LogP contribution in [0.1, 0.15) is 16.1 Å². The Bertz CT molecular complexity index is 1490. The van der Waals surface area contributed by atoms with Crippen molar-refractivity contribution < 1.29 is 18.7 Å². The van der Waals surface area contributed by atoms with E-state index in [4.69, 9.17) is 4.74 Å². The van der Waals surface area contributed by atoms with Gasteiger partial charge in [0.15, 0.2) is 11.6 Å². The Morgan fingerprint density at radius 2 is 1.76 bits per heavy atom. The van der Waals surface area contributed by atoms with E-state index < -0.39 is 5.82 Å². The molecule has 4 N–H and O–H groups in total. The van der Waals surface area contributed by atoms with Crippen molar-refractivity contribution in [1.82, 2.24) is 20.3 Å². The summed E-state index contributed by atoms with van der Waals surface area (Å²) in [6.07, 6.45) is 3.72. The Kier molecular flexibility index (Phi) is 7.87. The number of halogens is 1. The van der Waals surface area contributed by atoms with Crippen LogP contribution in [0.25, 0.3) is 0 Å². The van der Waals surface area contributed by atoms with E-state index in [1.54, 1.807) is 61.5 Å². The maximum Gasteiger partial charge on any atom is 0.270 e. The van der Waals surface area contributed by atoms with Gasteiger partial charge in [-0.15, -0.1) is 0 Å². The molecule has 0 aliphatic carbocycles. The zero-order chi connectivity index (χ0) is 27.1. The molecular formula is C27H24FN7O3. The number of carbonyl (C=O) groups is 2. The third-order valence-electron chi connectivity index (χ3n) is 5.26. The summed E-state index contributed by atoms with van der Waals surface area (Å²) in [7, 11) is 1.54. The van der Waals surface area contributed by atoms with E-state index in [9.17, 15) is 14.0 Å². The minimum Gasteiger partial charge on any atom is -0.457 e. The second-order valence-corrected chi connectivity index (χ2v) is 7.90. The second kappa shape index (κ2) is 11.6. The lowest BCUT2D eigenvalue weighted by Crippen LogP contribution is -2.20. The van der Waals surface area contributed by atoms with E-state index in [2.05, 4.69) is 42.8 Å². The molecule has 2 amide bonds. The van der Waals surface area contributed by atoms with Gasteiger partial charge in [0.05, 0.1) is 6.20 Å². The van der Waals surface area contributed by atoms with Gasteiger partial charge < -0.3 is 26.0 Å². The quantitative estimate of drug-likeness (QED) is 0.228. The van der Waals surface area contributed by atoms with Gasteiger partial charge in [0.25, 0.3) is 5.91 Å². The number of aromatic nitrogens is 3. The number of benzene rings is 2. The van der Waals surface area contributed by atoms with E-state index in [1.807, 2.05) is 0 Å². The van der Waals surface area contributed by atoms with Crippen LogP contribution < -0.4 is 26.0 Å². The highest BCUT2D eigenvalue weighted by Crippen LogP contribution is 2.28. The normalized spacial score (nSPS) is 10.3. The first kappa shape index (κ1) is 25.8. The van der Waals surface area contributed by atoms with Crippen LogP contribution in [0.15, 0.2) is 79.6 Å². The van der Waals surface area contributed by atoms with Crippen molar-refractivity contribution in [2.45, 2.75) is 6.92 Å². The summed E-state index contributed by atoms with van der Waals surface area (Å²) in [5.74, 6) is -0.142. The summed E-state index contributed by atoms with van der Waals surface area (Å²) in [6.45, 7) is 5.18. The molecule has 2 aromatic carbocycles. The fraction of sp³-hybridized carbons (Fsp3) is 0.0741. The van der Waals surface area contributed by atoms with E-state index in [0.717, 1.165) is 12.3 Å².